The van der Waals surface area contributed by atoms with Crippen LogP contribution in [0.4, 0.5) is 0 Å². The molecule has 88 valence electrons. The Morgan fingerprint density at radius 2 is 2.31 bits per heavy atom. The molecule has 1 aromatic heterocycles. The number of hydrogen-bond donors (Lipinski definition) is 0. The third-order valence-corrected chi connectivity index (χ3v) is 5.26. The molecule has 2 heterocycles. The van der Waals surface area contributed by atoms with Crippen molar-refractivity contribution in [2.24, 2.45) is 0 Å². The van der Waals surface area contributed by atoms with Crippen LogP contribution in [0, 0.1) is 0 Å². The van der Waals surface area contributed by atoms with E-state index in [2.05, 4.69) is 4.98 Å². The largest absolute Gasteiger partial charge is 0.246 e. The van der Waals surface area contributed by atoms with Crippen LogP contribution in [0.3, 0.4) is 0 Å². The van der Waals surface area contributed by atoms with Gasteiger partial charge >= 0.3 is 0 Å². The molecule has 0 saturated carbocycles. The second-order valence-corrected chi connectivity index (χ2v) is 6.12. The molecule has 0 aliphatic carbocycles. The van der Waals surface area contributed by atoms with Crippen LogP contribution in [0.2, 0.25) is 5.15 Å². The summed E-state index contributed by atoms with van der Waals surface area (Å²) in [6.07, 6.45) is 3.28. The summed E-state index contributed by atoms with van der Waals surface area (Å²) in [5, 5.41) is 0.0431. The van der Waals surface area contributed by atoms with E-state index < -0.39 is 10.0 Å². The van der Waals surface area contributed by atoms with Gasteiger partial charge in [0, 0.05) is 18.8 Å². The van der Waals surface area contributed by atoms with Crippen LogP contribution in [0.1, 0.15) is 19.8 Å². The van der Waals surface area contributed by atoms with Crippen molar-refractivity contribution >= 4 is 21.6 Å². The molecule has 1 unspecified atom stereocenters. The second-order valence-electron chi connectivity index (χ2n) is 3.90. The molecule has 4 nitrogen and oxygen atoms in total. The molecule has 1 saturated heterocycles. The molecule has 1 atom stereocenters. The minimum atomic E-state index is -3.48. The molecule has 16 heavy (non-hydrogen) atoms. The third kappa shape index (κ3) is 1.95. The van der Waals surface area contributed by atoms with Gasteiger partial charge in [0.05, 0.1) is 0 Å². The molecule has 1 aliphatic heterocycles. The first-order valence-electron chi connectivity index (χ1n) is 5.16. The smallest absolute Gasteiger partial charge is 0.243 e. The lowest BCUT2D eigenvalue weighted by Crippen LogP contribution is -2.33. The topological polar surface area (TPSA) is 50.3 Å². The summed E-state index contributed by atoms with van der Waals surface area (Å²) < 4.78 is 26.0. The highest BCUT2D eigenvalue weighted by Gasteiger charge is 2.33. The molecule has 2 rings (SSSR count). The van der Waals surface area contributed by atoms with E-state index in [9.17, 15) is 8.42 Å². The highest BCUT2D eigenvalue weighted by Crippen LogP contribution is 2.28. The summed E-state index contributed by atoms with van der Waals surface area (Å²) in [7, 11) is -3.48. The lowest BCUT2D eigenvalue weighted by atomic mass is 10.3. The van der Waals surface area contributed by atoms with E-state index in [4.69, 9.17) is 11.6 Å². The number of nitrogens with zero attached hydrogens (tertiary/aromatic N) is 2. The molecule has 1 aliphatic rings. The average Bonchev–Trinajstić information content (AvgIpc) is 2.65. The van der Waals surface area contributed by atoms with Gasteiger partial charge in [-0.3, -0.25) is 0 Å². The summed E-state index contributed by atoms with van der Waals surface area (Å²) in [6, 6.07) is 3.12. The minimum Gasteiger partial charge on any atom is -0.243 e. The van der Waals surface area contributed by atoms with Gasteiger partial charge in [-0.25, -0.2) is 13.4 Å². The lowest BCUT2D eigenvalue weighted by molar-refractivity contribution is 0.408. The van der Waals surface area contributed by atoms with Gasteiger partial charge in [-0.05, 0) is 31.9 Å². The zero-order valence-electron chi connectivity index (χ0n) is 8.93. The van der Waals surface area contributed by atoms with Gasteiger partial charge in [0.25, 0.3) is 0 Å². The molecule has 0 radical (unpaired) electrons. The highest BCUT2D eigenvalue weighted by atomic mass is 35.5. The normalized spacial score (nSPS) is 22.5. The van der Waals surface area contributed by atoms with Crippen LogP contribution in [0.5, 0.6) is 0 Å². The Kier molecular flexibility index (Phi) is 3.19. The maximum absolute atomic E-state index is 12.3. The van der Waals surface area contributed by atoms with Gasteiger partial charge in [0.2, 0.25) is 10.0 Å². The van der Waals surface area contributed by atoms with Gasteiger partial charge in [0.1, 0.15) is 10.0 Å². The summed E-state index contributed by atoms with van der Waals surface area (Å²) in [4.78, 5) is 3.90. The third-order valence-electron chi connectivity index (χ3n) is 2.80. The van der Waals surface area contributed by atoms with E-state index >= 15 is 0 Å². The van der Waals surface area contributed by atoms with E-state index in [1.54, 1.807) is 6.07 Å². The van der Waals surface area contributed by atoms with Gasteiger partial charge in [-0.1, -0.05) is 11.6 Å². The Balaban J connectivity index is 2.43. The fraction of sp³-hybridized carbons (Fsp3) is 0.500. The Labute approximate surface area is 100 Å². The van der Waals surface area contributed by atoms with Crippen molar-refractivity contribution in [2.45, 2.75) is 30.7 Å². The van der Waals surface area contributed by atoms with Crippen molar-refractivity contribution < 1.29 is 8.42 Å². The summed E-state index contributed by atoms with van der Waals surface area (Å²) >= 11 is 5.82. The fourth-order valence-corrected chi connectivity index (χ4v) is 4.08. The SMILES string of the molecule is CC1CCCN1S(=O)(=O)c1cccnc1Cl. The van der Waals surface area contributed by atoms with Crippen LogP contribution < -0.4 is 0 Å². The summed E-state index contributed by atoms with van der Waals surface area (Å²) in [5.41, 5.74) is 0. The fourth-order valence-electron chi connectivity index (χ4n) is 1.95. The van der Waals surface area contributed by atoms with Crippen LogP contribution in [0.15, 0.2) is 23.2 Å². The monoisotopic (exact) mass is 260 g/mol. The van der Waals surface area contributed by atoms with Crippen LogP contribution in [0.25, 0.3) is 0 Å². The van der Waals surface area contributed by atoms with Crippen LogP contribution in [-0.2, 0) is 10.0 Å². The van der Waals surface area contributed by atoms with Crippen LogP contribution in [-0.4, -0.2) is 30.3 Å². The molecule has 6 heteroatoms. The van der Waals surface area contributed by atoms with Crippen molar-refractivity contribution in [3.8, 4) is 0 Å². The van der Waals surface area contributed by atoms with Gasteiger partial charge in [-0.15, -0.1) is 0 Å². The number of hydrogen-bond acceptors (Lipinski definition) is 3. The van der Waals surface area contributed by atoms with Crippen molar-refractivity contribution in [2.75, 3.05) is 6.54 Å². The molecular weight excluding hydrogens is 248 g/mol. The second kappa shape index (κ2) is 4.31. The number of pyridine rings is 1. The Morgan fingerprint density at radius 1 is 1.56 bits per heavy atom. The Morgan fingerprint density at radius 3 is 2.88 bits per heavy atom. The maximum atomic E-state index is 12.3. The first kappa shape index (κ1) is 11.8. The number of aromatic nitrogens is 1. The van der Waals surface area contributed by atoms with Crippen molar-refractivity contribution in [3.05, 3.63) is 23.5 Å². The van der Waals surface area contributed by atoms with E-state index in [1.807, 2.05) is 6.92 Å². The summed E-state index contributed by atoms with van der Waals surface area (Å²) in [5.74, 6) is 0. The molecule has 1 fully saturated rings. The lowest BCUT2D eigenvalue weighted by Gasteiger charge is -2.21. The number of rotatable bonds is 2. The molecule has 1 aromatic rings. The standard InChI is InChI=1S/C10H13ClN2O2S/c1-8-4-3-7-13(8)16(14,15)9-5-2-6-12-10(9)11/h2,5-6,8H,3-4,7H2,1H3. The predicted molar refractivity (Wildman–Crippen MR) is 61.8 cm³/mol. The van der Waals surface area contributed by atoms with Gasteiger partial charge in [0.15, 0.2) is 0 Å². The molecule has 0 N–H and O–H groups in total. The number of sulfonamides is 1. The van der Waals surface area contributed by atoms with Crippen molar-refractivity contribution in [1.82, 2.24) is 9.29 Å². The maximum Gasteiger partial charge on any atom is 0.246 e. The Bertz CT molecular complexity index is 489. The highest BCUT2D eigenvalue weighted by molar-refractivity contribution is 7.89. The minimum absolute atomic E-state index is 0.0428. The van der Waals surface area contributed by atoms with Gasteiger partial charge in [-0.2, -0.15) is 4.31 Å². The molecule has 0 amide bonds. The van der Waals surface area contributed by atoms with Gasteiger partial charge < -0.3 is 0 Å². The molecule has 0 spiro atoms. The molecule has 0 aromatic carbocycles. The first-order chi connectivity index (χ1) is 7.53. The summed E-state index contributed by atoms with van der Waals surface area (Å²) in [6.45, 7) is 2.48. The molecular formula is C10H13ClN2O2S. The zero-order chi connectivity index (χ0) is 11.8. The van der Waals surface area contributed by atoms with E-state index in [0.717, 1.165) is 12.8 Å². The first-order valence-corrected chi connectivity index (χ1v) is 6.97. The predicted octanol–water partition coefficient (Wildman–Crippen LogP) is 1.91. The quantitative estimate of drug-likeness (QED) is 0.764. The Hall–Kier alpha value is -0.650. The van der Waals surface area contributed by atoms with Crippen molar-refractivity contribution in [3.63, 3.8) is 0 Å². The van der Waals surface area contributed by atoms with Crippen molar-refractivity contribution in [1.29, 1.82) is 0 Å². The van der Waals surface area contributed by atoms with E-state index in [1.165, 1.54) is 16.6 Å². The van der Waals surface area contributed by atoms with E-state index in [-0.39, 0.29) is 16.1 Å². The number of halogens is 1. The zero-order valence-corrected chi connectivity index (χ0v) is 10.5. The van der Waals surface area contributed by atoms with Crippen LogP contribution >= 0.6 is 11.6 Å². The average molecular weight is 261 g/mol. The van der Waals surface area contributed by atoms with E-state index in [0.29, 0.717) is 6.54 Å². The molecule has 0 bridgehead atoms.